The van der Waals surface area contributed by atoms with E-state index in [4.69, 9.17) is 0 Å². The van der Waals surface area contributed by atoms with E-state index >= 15 is 0 Å². The molecule has 5 nitrogen and oxygen atoms in total. The molecule has 2 N–H and O–H groups in total. The van der Waals surface area contributed by atoms with Gasteiger partial charge in [-0.15, -0.1) is 0 Å². The Hall–Kier alpha value is -1.52. The molecule has 1 aliphatic heterocycles. The molecule has 0 unspecified atom stereocenters. The van der Waals surface area contributed by atoms with Crippen LogP contribution in [0.15, 0.2) is 6.20 Å². The second kappa shape index (κ2) is 4.33. The Balaban J connectivity index is 1.98. The third kappa shape index (κ3) is 2.11. The van der Waals surface area contributed by atoms with Crippen LogP contribution in [0, 0.1) is 0 Å². The molecular formula is C10H16N4O. The Morgan fingerprint density at radius 3 is 3.00 bits per heavy atom. The molecule has 1 fully saturated rings. The Morgan fingerprint density at radius 1 is 1.60 bits per heavy atom. The van der Waals surface area contributed by atoms with E-state index in [-0.39, 0.29) is 6.03 Å². The summed E-state index contributed by atoms with van der Waals surface area (Å²) in [4.78, 5) is 13.6. The van der Waals surface area contributed by atoms with Crippen molar-refractivity contribution in [1.82, 2.24) is 15.1 Å². The maximum absolute atomic E-state index is 11.7. The lowest BCUT2D eigenvalue weighted by Gasteiger charge is -2.15. The highest BCUT2D eigenvalue weighted by molar-refractivity contribution is 5.89. The fourth-order valence-corrected chi connectivity index (χ4v) is 1.79. The number of rotatable bonds is 2. The Kier molecular flexibility index (Phi) is 2.89. The number of nitrogens with zero attached hydrogens (tertiary/aromatic N) is 2. The molecule has 1 aromatic heterocycles. The van der Waals surface area contributed by atoms with Crippen LogP contribution in [0.4, 0.5) is 10.6 Å². The van der Waals surface area contributed by atoms with Crippen molar-refractivity contribution in [2.75, 3.05) is 18.4 Å². The standard InChI is InChI=1S/C10H16N4O/c1-2-8-7-11-13-9(8)12-10(15)14-5-3-4-6-14/h7H,2-6H2,1H3,(H2,11,12,13,15). The molecule has 0 saturated carbocycles. The summed E-state index contributed by atoms with van der Waals surface area (Å²) >= 11 is 0. The molecule has 1 aromatic rings. The Morgan fingerprint density at radius 2 is 2.33 bits per heavy atom. The van der Waals surface area contributed by atoms with Gasteiger partial charge in [-0.05, 0) is 19.3 Å². The Bertz CT molecular complexity index is 341. The maximum atomic E-state index is 11.7. The van der Waals surface area contributed by atoms with Gasteiger partial charge in [0.25, 0.3) is 0 Å². The van der Waals surface area contributed by atoms with Crippen LogP contribution in [0.2, 0.25) is 0 Å². The number of hydrogen-bond acceptors (Lipinski definition) is 2. The number of carbonyl (C=O) groups excluding carboxylic acids is 1. The van der Waals surface area contributed by atoms with Crippen molar-refractivity contribution in [1.29, 1.82) is 0 Å². The van der Waals surface area contributed by atoms with Gasteiger partial charge in [0.15, 0.2) is 0 Å². The molecule has 1 saturated heterocycles. The number of aromatic nitrogens is 2. The summed E-state index contributed by atoms with van der Waals surface area (Å²) < 4.78 is 0. The Labute approximate surface area is 88.8 Å². The van der Waals surface area contributed by atoms with Gasteiger partial charge in [0, 0.05) is 18.7 Å². The molecule has 0 atom stereocenters. The van der Waals surface area contributed by atoms with Gasteiger partial charge in [-0.1, -0.05) is 6.92 Å². The number of hydrogen-bond donors (Lipinski definition) is 2. The minimum Gasteiger partial charge on any atom is -0.324 e. The number of anilines is 1. The van der Waals surface area contributed by atoms with Crippen LogP contribution in [0.5, 0.6) is 0 Å². The van der Waals surface area contributed by atoms with E-state index in [1.807, 2.05) is 11.8 Å². The number of amides is 2. The first-order chi connectivity index (χ1) is 7.31. The number of H-pyrrole nitrogens is 1. The average Bonchev–Trinajstić information content (AvgIpc) is 2.87. The second-order valence-electron chi connectivity index (χ2n) is 3.75. The molecule has 15 heavy (non-hydrogen) atoms. The fraction of sp³-hybridized carbons (Fsp3) is 0.600. The minimum absolute atomic E-state index is 0.0218. The van der Waals surface area contributed by atoms with Gasteiger partial charge in [-0.25, -0.2) is 4.79 Å². The molecular weight excluding hydrogens is 192 g/mol. The number of carbonyl (C=O) groups is 1. The highest BCUT2D eigenvalue weighted by atomic mass is 16.2. The molecule has 1 aliphatic rings. The van der Waals surface area contributed by atoms with Crippen LogP contribution in [0.25, 0.3) is 0 Å². The zero-order valence-corrected chi connectivity index (χ0v) is 8.92. The first-order valence-electron chi connectivity index (χ1n) is 5.39. The summed E-state index contributed by atoms with van der Waals surface area (Å²) in [5.74, 6) is 0.731. The summed E-state index contributed by atoms with van der Waals surface area (Å²) in [7, 11) is 0. The highest BCUT2D eigenvalue weighted by Crippen LogP contribution is 2.14. The molecule has 2 rings (SSSR count). The number of aromatic amines is 1. The first-order valence-corrected chi connectivity index (χ1v) is 5.39. The lowest BCUT2D eigenvalue weighted by atomic mass is 10.2. The van der Waals surface area contributed by atoms with E-state index in [2.05, 4.69) is 15.5 Å². The van der Waals surface area contributed by atoms with Gasteiger partial charge < -0.3 is 4.90 Å². The molecule has 0 radical (unpaired) electrons. The van der Waals surface area contributed by atoms with Crippen LogP contribution >= 0.6 is 0 Å². The minimum atomic E-state index is -0.0218. The monoisotopic (exact) mass is 208 g/mol. The third-order valence-corrected chi connectivity index (χ3v) is 2.72. The average molecular weight is 208 g/mol. The van der Waals surface area contributed by atoms with Gasteiger partial charge in [0.1, 0.15) is 5.82 Å². The van der Waals surface area contributed by atoms with Crippen LogP contribution in [-0.2, 0) is 6.42 Å². The summed E-state index contributed by atoms with van der Waals surface area (Å²) in [6.07, 6.45) is 4.83. The van der Waals surface area contributed by atoms with E-state index in [1.165, 1.54) is 0 Å². The first kappa shape index (κ1) is 10.0. The number of nitrogens with one attached hydrogen (secondary N) is 2. The van der Waals surface area contributed by atoms with E-state index in [9.17, 15) is 4.79 Å². The van der Waals surface area contributed by atoms with Crippen molar-refractivity contribution in [3.63, 3.8) is 0 Å². The predicted molar refractivity (Wildman–Crippen MR) is 57.8 cm³/mol. The van der Waals surface area contributed by atoms with Crippen LogP contribution in [0.1, 0.15) is 25.3 Å². The molecule has 0 bridgehead atoms. The fourth-order valence-electron chi connectivity index (χ4n) is 1.79. The van der Waals surface area contributed by atoms with Crippen molar-refractivity contribution in [2.24, 2.45) is 0 Å². The van der Waals surface area contributed by atoms with Crippen molar-refractivity contribution in [3.05, 3.63) is 11.8 Å². The molecule has 5 heteroatoms. The van der Waals surface area contributed by atoms with Gasteiger partial charge in [-0.3, -0.25) is 10.4 Å². The van der Waals surface area contributed by atoms with Crippen molar-refractivity contribution < 1.29 is 4.79 Å². The van der Waals surface area contributed by atoms with Crippen molar-refractivity contribution in [3.8, 4) is 0 Å². The van der Waals surface area contributed by atoms with Crippen molar-refractivity contribution >= 4 is 11.8 Å². The quantitative estimate of drug-likeness (QED) is 0.775. The lowest BCUT2D eigenvalue weighted by molar-refractivity contribution is 0.222. The summed E-state index contributed by atoms with van der Waals surface area (Å²) in [6, 6.07) is -0.0218. The molecule has 2 heterocycles. The largest absolute Gasteiger partial charge is 0.324 e. The van der Waals surface area contributed by atoms with E-state index in [1.54, 1.807) is 6.20 Å². The van der Waals surface area contributed by atoms with Crippen LogP contribution in [0.3, 0.4) is 0 Å². The molecule has 0 aromatic carbocycles. The van der Waals surface area contributed by atoms with Gasteiger partial charge in [-0.2, -0.15) is 5.10 Å². The second-order valence-corrected chi connectivity index (χ2v) is 3.75. The summed E-state index contributed by atoms with van der Waals surface area (Å²) in [5.41, 5.74) is 1.04. The highest BCUT2D eigenvalue weighted by Gasteiger charge is 2.18. The third-order valence-electron chi connectivity index (χ3n) is 2.72. The van der Waals surface area contributed by atoms with Gasteiger partial charge in [0.2, 0.25) is 0 Å². The summed E-state index contributed by atoms with van der Waals surface area (Å²) in [5, 5.41) is 9.57. The zero-order chi connectivity index (χ0) is 10.7. The molecule has 2 amide bonds. The summed E-state index contributed by atoms with van der Waals surface area (Å²) in [6.45, 7) is 3.76. The molecule has 0 aliphatic carbocycles. The molecule has 82 valence electrons. The van der Waals surface area contributed by atoms with Crippen LogP contribution in [-0.4, -0.2) is 34.2 Å². The number of likely N-dealkylation sites (tertiary alicyclic amines) is 1. The smallest absolute Gasteiger partial charge is 0.323 e. The van der Waals surface area contributed by atoms with Crippen molar-refractivity contribution in [2.45, 2.75) is 26.2 Å². The SMILES string of the molecule is CCc1cn[nH]c1NC(=O)N1CCCC1. The van der Waals surface area contributed by atoms with Gasteiger partial charge >= 0.3 is 6.03 Å². The van der Waals surface area contributed by atoms with Gasteiger partial charge in [0.05, 0.1) is 6.20 Å². The number of aryl methyl sites for hydroxylation is 1. The van der Waals surface area contributed by atoms with E-state index in [0.29, 0.717) is 0 Å². The van der Waals surface area contributed by atoms with E-state index in [0.717, 1.165) is 43.7 Å². The normalized spacial score (nSPS) is 15.7. The lowest BCUT2D eigenvalue weighted by Crippen LogP contribution is -2.32. The van der Waals surface area contributed by atoms with E-state index < -0.39 is 0 Å². The molecule has 0 spiro atoms. The zero-order valence-electron chi connectivity index (χ0n) is 8.92. The predicted octanol–water partition coefficient (Wildman–Crippen LogP) is 1.60. The maximum Gasteiger partial charge on any atom is 0.323 e. The topological polar surface area (TPSA) is 61.0 Å². The van der Waals surface area contributed by atoms with Crippen LogP contribution < -0.4 is 5.32 Å². The number of urea groups is 1.